The molecule has 0 spiro atoms. The van der Waals surface area contributed by atoms with Gasteiger partial charge in [0.15, 0.2) is 5.82 Å². The SMILES string of the molecule is C=CN=Cn1nnnc1C. The van der Waals surface area contributed by atoms with Crippen molar-refractivity contribution in [2.24, 2.45) is 4.99 Å². The molecule has 0 unspecified atom stereocenters. The molecule has 1 aromatic heterocycles. The maximum atomic E-state index is 3.73. The summed E-state index contributed by atoms with van der Waals surface area (Å²) in [6.07, 6.45) is 2.91. The highest BCUT2D eigenvalue weighted by Crippen LogP contribution is 1.81. The lowest BCUT2D eigenvalue weighted by molar-refractivity contribution is 0.825. The van der Waals surface area contributed by atoms with Crippen LogP contribution < -0.4 is 0 Å². The molecule has 0 radical (unpaired) electrons. The van der Waals surface area contributed by atoms with Crippen molar-refractivity contribution in [1.29, 1.82) is 0 Å². The van der Waals surface area contributed by atoms with E-state index in [4.69, 9.17) is 0 Å². The minimum atomic E-state index is 0.700. The smallest absolute Gasteiger partial charge is 0.154 e. The number of tetrazole rings is 1. The molecule has 0 aliphatic carbocycles. The lowest BCUT2D eigenvalue weighted by Crippen LogP contribution is -1.99. The normalized spacial score (nSPS) is 10.5. The highest BCUT2D eigenvalue weighted by Gasteiger charge is 1.92. The fourth-order valence-corrected chi connectivity index (χ4v) is 0.455. The fraction of sp³-hybridized carbons (Fsp3) is 0.200. The van der Waals surface area contributed by atoms with E-state index in [1.165, 1.54) is 17.2 Å². The lowest BCUT2D eigenvalue weighted by Gasteiger charge is -1.85. The van der Waals surface area contributed by atoms with Crippen LogP contribution in [0.15, 0.2) is 17.8 Å². The first-order valence-corrected chi connectivity index (χ1v) is 2.73. The molecule has 0 N–H and O–H groups in total. The monoisotopic (exact) mass is 137 g/mol. The number of aromatic nitrogens is 4. The van der Waals surface area contributed by atoms with Gasteiger partial charge in [0.05, 0.1) is 0 Å². The van der Waals surface area contributed by atoms with Crippen LogP contribution in [0.2, 0.25) is 0 Å². The Hall–Kier alpha value is -1.52. The average molecular weight is 137 g/mol. The van der Waals surface area contributed by atoms with Crippen LogP contribution in [0, 0.1) is 6.92 Å². The fourth-order valence-electron chi connectivity index (χ4n) is 0.455. The summed E-state index contributed by atoms with van der Waals surface area (Å²) in [6, 6.07) is 0. The number of hydrogen-bond donors (Lipinski definition) is 0. The maximum absolute atomic E-state index is 3.73. The van der Waals surface area contributed by atoms with Gasteiger partial charge in [-0.15, -0.1) is 5.10 Å². The van der Waals surface area contributed by atoms with Crippen molar-refractivity contribution >= 4 is 6.34 Å². The molecule has 1 heterocycles. The zero-order valence-corrected chi connectivity index (χ0v) is 5.60. The van der Waals surface area contributed by atoms with Crippen LogP contribution in [0.4, 0.5) is 0 Å². The summed E-state index contributed by atoms with van der Waals surface area (Å²) >= 11 is 0. The summed E-state index contributed by atoms with van der Waals surface area (Å²) in [7, 11) is 0. The predicted molar refractivity (Wildman–Crippen MR) is 36.6 cm³/mol. The Balaban J connectivity index is 2.83. The first-order valence-electron chi connectivity index (χ1n) is 2.73. The molecule has 0 saturated heterocycles. The van der Waals surface area contributed by atoms with E-state index in [9.17, 15) is 0 Å². The van der Waals surface area contributed by atoms with E-state index in [2.05, 4.69) is 27.1 Å². The molecular formula is C5H7N5. The molecule has 5 nitrogen and oxygen atoms in total. The van der Waals surface area contributed by atoms with E-state index in [1.54, 1.807) is 6.92 Å². The highest BCUT2D eigenvalue weighted by molar-refractivity contribution is 5.57. The van der Waals surface area contributed by atoms with Gasteiger partial charge in [-0.1, -0.05) is 6.58 Å². The second kappa shape index (κ2) is 2.86. The van der Waals surface area contributed by atoms with Gasteiger partial charge in [0.2, 0.25) is 0 Å². The third-order valence-corrected chi connectivity index (χ3v) is 0.939. The maximum Gasteiger partial charge on any atom is 0.154 e. The van der Waals surface area contributed by atoms with E-state index in [1.807, 2.05) is 0 Å². The Morgan fingerprint density at radius 3 is 3.00 bits per heavy atom. The summed E-state index contributed by atoms with van der Waals surface area (Å²) in [6.45, 7) is 5.20. The first kappa shape index (κ1) is 6.60. The second-order valence-electron chi connectivity index (χ2n) is 1.62. The summed E-state index contributed by atoms with van der Waals surface area (Å²) in [5.74, 6) is 0.700. The minimum absolute atomic E-state index is 0.700. The second-order valence-corrected chi connectivity index (χ2v) is 1.62. The van der Waals surface area contributed by atoms with Crippen molar-refractivity contribution < 1.29 is 0 Å². The van der Waals surface area contributed by atoms with Crippen LogP contribution in [0.25, 0.3) is 0 Å². The summed E-state index contributed by atoms with van der Waals surface area (Å²) in [5.41, 5.74) is 0. The van der Waals surface area contributed by atoms with E-state index in [0.29, 0.717) is 5.82 Å². The van der Waals surface area contributed by atoms with Crippen LogP contribution in [-0.4, -0.2) is 26.5 Å². The lowest BCUT2D eigenvalue weighted by atomic mass is 10.7. The Labute approximate surface area is 58.1 Å². The van der Waals surface area contributed by atoms with Crippen molar-refractivity contribution in [2.75, 3.05) is 0 Å². The summed E-state index contributed by atoms with van der Waals surface area (Å²) in [5, 5.41) is 10.7. The van der Waals surface area contributed by atoms with Crippen molar-refractivity contribution in [3.63, 3.8) is 0 Å². The number of aliphatic imine (C=N–C) groups is 1. The number of nitrogens with zero attached hydrogens (tertiary/aromatic N) is 5. The molecular weight excluding hydrogens is 130 g/mol. The Morgan fingerprint density at radius 1 is 1.70 bits per heavy atom. The zero-order valence-electron chi connectivity index (χ0n) is 5.60. The topological polar surface area (TPSA) is 56.0 Å². The van der Waals surface area contributed by atoms with Gasteiger partial charge < -0.3 is 0 Å². The third-order valence-electron chi connectivity index (χ3n) is 0.939. The van der Waals surface area contributed by atoms with Crippen molar-refractivity contribution in [2.45, 2.75) is 6.92 Å². The van der Waals surface area contributed by atoms with Gasteiger partial charge in [-0.3, -0.25) is 0 Å². The predicted octanol–water partition coefficient (Wildman–Crippen LogP) is 0.00142. The Kier molecular flexibility index (Phi) is 1.89. The van der Waals surface area contributed by atoms with Gasteiger partial charge in [-0.2, -0.15) is 4.68 Å². The van der Waals surface area contributed by atoms with Gasteiger partial charge in [-0.05, 0) is 17.4 Å². The van der Waals surface area contributed by atoms with E-state index in [-0.39, 0.29) is 0 Å². The quantitative estimate of drug-likeness (QED) is 0.426. The molecule has 0 aliphatic rings. The Morgan fingerprint density at radius 2 is 2.50 bits per heavy atom. The van der Waals surface area contributed by atoms with Gasteiger partial charge in [0.25, 0.3) is 0 Å². The molecule has 0 bridgehead atoms. The minimum Gasteiger partial charge on any atom is -0.245 e. The number of aryl methyl sites for hydroxylation is 1. The van der Waals surface area contributed by atoms with Gasteiger partial charge >= 0.3 is 0 Å². The van der Waals surface area contributed by atoms with Crippen molar-refractivity contribution in [3.8, 4) is 0 Å². The molecule has 5 heteroatoms. The Bertz CT molecular complexity index is 248. The van der Waals surface area contributed by atoms with Gasteiger partial charge in [-0.25, -0.2) is 4.99 Å². The van der Waals surface area contributed by atoms with Gasteiger partial charge in [0.1, 0.15) is 6.34 Å². The van der Waals surface area contributed by atoms with Crippen LogP contribution >= 0.6 is 0 Å². The van der Waals surface area contributed by atoms with Crippen LogP contribution in [0.1, 0.15) is 5.82 Å². The molecule has 0 amide bonds. The van der Waals surface area contributed by atoms with Crippen LogP contribution in [0.5, 0.6) is 0 Å². The molecule has 0 atom stereocenters. The van der Waals surface area contributed by atoms with Crippen molar-refractivity contribution in [1.82, 2.24) is 20.2 Å². The molecule has 52 valence electrons. The summed E-state index contributed by atoms with van der Waals surface area (Å²) < 4.78 is 1.46. The standard InChI is InChI=1S/C5H7N5/c1-3-6-4-10-5(2)7-8-9-10/h3-4H,1H2,2H3. The zero-order chi connectivity index (χ0) is 7.40. The average Bonchev–Trinajstić information content (AvgIpc) is 2.31. The molecule has 0 saturated carbocycles. The highest BCUT2D eigenvalue weighted by atomic mass is 15.5. The van der Waals surface area contributed by atoms with Crippen molar-refractivity contribution in [3.05, 3.63) is 18.6 Å². The number of rotatable bonds is 2. The first-order chi connectivity index (χ1) is 4.84. The van der Waals surface area contributed by atoms with Crippen LogP contribution in [-0.2, 0) is 0 Å². The molecule has 0 fully saturated rings. The number of hydrogen-bond acceptors (Lipinski definition) is 4. The molecule has 0 aromatic carbocycles. The van der Waals surface area contributed by atoms with Gasteiger partial charge in [0, 0.05) is 6.20 Å². The molecule has 1 aromatic rings. The molecule has 0 aliphatic heterocycles. The largest absolute Gasteiger partial charge is 0.245 e. The van der Waals surface area contributed by atoms with E-state index >= 15 is 0 Å². The molecule has 10 heavy (non-hydrogen) atoms. The van der Waals surface area contributed by atoms with E-state index < -0.39 is 0 Å². The summed E-state index contributed by atoms with van der Waals surface area (Å²) in [4.78, 5) is 3.73. The van der Waals surface area contributed by atoms with Crippen LogP contribution in [0.3, 0.4) is 0 Å². The molecule has 1 rings (SSSR count). The third kappa shape index (κ3) is 1.25. The van der Waals surface area contributed by atoms with E-state index in [0.717, 1.165) is 0 Å².